The maximum atomic E-state index is 13.1. The molecule has 0 saturated carbocycles. The molecule has 0 unspecified atom stereocenters. The van der Waals surface area contributed by atoms with E-state index in [9.17, 15) is 45.3 Å². The first-order valence-electron chi connectivity index (χ1n) is 12.2. The summed E-state index contributed by atoms with van der Waals surface area (Å²) in [6.07, 6.45) is -13.7. The molecule has 5 rings (SSSR count). The topological polar surface area (TPSA) is 213 Å². The summed E-state index contributed by atoms with van der Waals surface area (Å²) in [4.78, 5) is 26.1. The van der Waals surface area contributed by atoms with Gasteiger partial charge in [-0.05, 0) is 36.8 Å². The molecule has 0 amide bonds. The number of aliphatic hydroxyl groups excluding tert-OH is 6. The van der Waals surface area contributed by atoms with E-state index >= 15 is 0 Å². The van der Waals surface area contributed by atoms with Gasteiger partial charge in [-0.25, -0.2) is 0 Å². The largest absolute Gasteiger partial charge is 0.507 e. The molecule has 210 valence electrons. The lowest BCUT2D eigenvalue weighted by molar-refractivity contribution is -0.307. The highest BCUT2D eigenvalue weighted by Gasteiger charge is 2.46. The molecule has 2 aromatic carbocycles. The molecule has 2 fully saturated rings. The number of aliphatic hydroxyl groups is 6. The Labute approximate surface area is 221 Å². The Bertz CT molecular complexity index is 1280. The summed E-state index contributed by atoms with van der Waals surface area (Å²) in [7, 11) is 0. The second-order valence-electron chi connectivity index (χ2n) is 9.74. The number of phenolic OH excluding ortho intramolecular Hbond substituents is 1. The highest BCUT2D eigenvalue weighted by atomic mass is 16.7. The van der Waals surface area contributed by atoms with Gasteiger partial charge in [0.25, 0.3) is 0 Å². The molecule has 0 bridgehead atoms. The molecule has 9 atom stereocenters. The minimum absolute atomic E-state index is 0.00296. The van der Waals surface area contributed by atoms with Crippen LogP contribution in [0.3, 0.4) is 0 Å². The first kappa shape index (κ1) is 27.6. The summed E-state index contributed by atoms with van der Waals surface area (Å²) in [6.45, 7) is 0.830. The fourth-order valence-electron chi connectivity index (χ4n) is 4.78. The van der Waals surface area contributed by atoms with Crippen molar-refractivity contribution in [1.29, 1.82) is 0 Å². The first-order valence-corrected chi connectivity index (χ1v) is 12.2. The predicted molar refractivity (Wildman–Crippen MR) is 127 cm³/mol. The van der Waals surface area contributed by atoms with Crippen molar-refractivity contribution in [2.45, 2.75) is 62.2 Å². The predicted octanol–water partition coefficient (Wildman–Crippen LogP) is -1.88. The van der Waals surface area contributed by atoms with E-state index in [0.717, 1.165) is 0 Å². The molecule has 2 aromatic rings. The molecule has 2 heterocycles. The van der Waals surface area contributed by atoms with Crippen LogP contribution >= 0.6 is 0 Å². The second kappa shape index (κ2) is 10.5. The number of aryl methyl sites for hydroxylation is 1. The first-order chi connectivity index (χ1) is 18.5. The van der Waals surface area contributed by atoms with Gasteiger partial charge in [-0.3, -0.25) is 9.59 Å². The van der Waals surface area contributed by atoms with E-state index in [2.05, 4.69) is 0 Å². The van der Waals surface area contributed by atoms with Crippen LogP contribution in [0.25, 0.3) is 0 Å². The lowest BCUT2D eigenvalue weighted by atomic mass is 9.82. The monoisotopic (exact) mass is 548 g/mol. The lowest BCUT2D eigenvalue weighted by Gasteiger charge is -2.41. The SMILES string of the molecule is Cc1ccc2c(c1O)C(=O)c1ccc(O[C@H]3O[C@@H](CO[C@@H]4OC[C@H](O)[C@H](O)[C@H]4O)[C@H](O)[C@H](O)[C@@H]3O)cc1C2=O. The van der Waals surface area contributed by atoms with Crippen molar-refractivity contribution >= 4 is 11.6 Å². The van der Waals surface area contributed by atoms with Gasteiger partial charge in [0.15, 0.2) is 17.9 Å². The molecule has 2 saturated heterocycles. The van der Waals surface area contributed by atoms with Gasteiger partial charge in [0.1, 0.15) is 54.2 Å². The third-order valence-electron chi connectivity index (χ3n) is 7.13. The zero-order chi connectivity index (χ0) is 28.2. The van der Waals surface area contributed by atoms with Crippen LogP contribution in [-0.2, 0) is 14.2 Å². The average Bonchev–Trinajstić information content (AvgIpc) is 2.92. The quantitative estimate of drug-likeness (QED) is 0.186. The standard InChI is InChI=1S/C26H28O13/c1-9-2-4-12-16(17(9)28)19(30)11-5-3-10(6-13(11)18(12)29)38-26-24(35)22(33)21(32)15(39-26)8-37-25-23(34)20(31)14(27)7-36-25/h2-6,14-15,20-28,31-35H,7-8H2,1H3/t14-,15-,20-,21-,22-,23+,24-,25-,26-/m0/s1. The number of carbonyl (C=O) groups is 2. The van der Waals surface area contributed by atoms with E-state index in [1.807, 2.05) is 0 Å². The van der Waals surface area contributed by atoms with Gasteiger partial charge in [0.2, 0.25) is 6.29 Å². The Kier molecular flexibility index (Phi) is 7.45. The van der Waals surface area contributed by atoms with Gasteiger partial charge in [0, 0.05) is 16.7 Å². The van der Waals surface area contributed by atoms with E-state index in [0.29, 0.717) is 5.56 Å². The molecule has 13 nitrogen and oxygen atoms in total. The molecule has 0 aromatic heterocycles. The van der Waals surface area contributed by atoms with Crippen LogP contribution in [0.4, 0.5) is 0 Å². The number of ketones is 2. The Balaban J connectivity index is 1.32. The highest BCUT2D eigenvalue weighted by Crippen LogP contribution is 2.36. The Morgan fingerprint density at radius 2 is 1.51 bits per heavy atom. The zero-order valence-corrected chi connectivity index (χ0v) is 20.6. The smallest absolute Gasteiger partial charge is 0.229 e. The zero-order valence-electron chi connectivity index (χ0n) is 20.6. The van der Waals surface area contributed by atoms with Gasteiger partial charge in [-0.1, -0.05) is 6.07 Å². The van der Waals surface area contributed by atoms with Crippen LogP contribution in [-0.4, -0.2) is 116 Å². The second-order valence-corrected chi connectivity index (χ2v) is 9.74. The van der Waals surface area contributed by atoms with E-state index in [1.54, 1.807) is 6.92 Å². The molecule has 1 aliphatic carbocycles. The van der Waals surface area contributed by atoms with E-state index in [1.165, 1.54) is 30.3 Å². The lowest BCUT2D eigenvalue weighted by Crippen LogP contribution is -2.61. The van der Waals surface area contributed by atoms with Crippen molar-refractivity contribution in [2.75, 3.05) is 13.2 Å². The summed E-state index contributed by atoms with van der Waals surface area (Å²) in [6, 6.07) is 6.92. The summed E-state index contributed by atoms with van der Waals surface area (Å²) in [5.74, 6) is -1.33. The molecular weight excluding hydrogens is 520 g/mol. The van der Waals surface area contributed by atoms with E-state index < -0.39 is 73.5 Å². The Morgan fingerprint density at radius 1 is 0.821 bits per heavy atom. The van der Waals surface area contributed by atoms with Crippen LogP contribution in [0.1, 0.15) is 37.4 Å². The third kappa shape index (κ3) is 4.82. The molecule has 3 aliphatic rings. The fraction of sp³-hybridized carbons (Fsp3) is 0.462. The van der Waals surface area contributed by atoms with Crippen LogP contribution in [0.2, 0.25) is 0 Å². The number of hydrogen-bond acceptors (Lipinski definition) is 13. The number of phenols is 1. The minimum Gasteiger partial charge on any atom is -0.507 e. The molecule has 39 heavy (non-hydrogen) atoms. The van der Waals surface area contributed by atoms with Gasteiger partial charge < -0.3 is 54.7 Å². The summed E-state index contributed by atoms with van der Waals surface area (Å²) in [5.41, 5.74) is 0.442. The number of carbonyl (C=O) groups excluding carboxylic acids is 2. The van der Waals surface area contributed by atoms with Gasteiger partial charge in [-0.2, -0.15) is 0 Å². The molecular formula is C26H28O13. The van der Waals surface area contributed by atoms with Crippen LogP contribution < -0.4 is 4.74 Å². The fourth-order valence-corrected chi connectivity index (χ4v) is 4.78. The molecule has 7 N–H and O–H groups in total. The Morgan fingerprint density at radius 3 is 2.26 bits per heavy atom. The Hall–Kier alpha value is -2.98. The molecule has 2 aliphatic heterocycles. The summed E-state index contributed by atoms with van der Waals surface area (Å²) >= 11 is 0. The molecule has 0 radical (unpaired) electrons. The van der Waals surface area contributed by atoms with Crippen molar-refractivity contribution in [3.05, 3.63) is 58.1 Å². The van der Waals surface area contributed by atoms with Crippen LogP contribution in [0.5, 0.6) is 11.5 Å². The van der Waals surface area contributed by atoms with Gasteiger partial charge >= 0.3 is 0 Å². The van der Waals surface area contributed by atoms with E-state index in [4.69, 9.17) is 18.9 Å². The van der Waals surface area contributed by atoms with E-state index in [-0.39, 0.29) is 40.4 Å². The van der Waals surface area contributed by atoms with Crippen molar-refractivity contribution in [2.24, 2.45) is 0 Å². The average molecular weight is 548 g/mol. The minimum atomic E-state index is -1.74. The summed E-state index contributed by atoms with van der Waals surface area (Å²) < 4.78 is 21.8. The number of benzene rings is 2. The van der Waals surface area contributed by atoms with Crippen molar-refractivity contribution in [3.8, 4) is 11.5 Å². The van der Waals surface area contributed by atoms with Gasteiger partial charge in [0.05, 0.1) is 18.8 Å². The maximum absolute atomic E-state index is 13.1. The number of aromatic hydroxyl groups is 1. The van der Waals surface area contributed by atoms with Crippen LogP contribution in [0, 0.1) is 6.92 Å². The van der Waals surface area contributed by atoms with Crippen molar-refractivity contribution in [1.82, 2.24) is 0 Å². The number of ether oxygens (including phenoxy) is 4. The molecule has 13 heteroatoms. The van der Waals surface area contributed by atoms with Crippen LogP contribution in [0.15, 0.2) is 30.3 Å². The summed E-state index contributed by atoms with van der Waals surface area (Å²) in [5, 5.41) is 70.9. The normalized spacial score (nSPS) is 34.4. The van der Waals surface area contributed by atoms with Gasteiger partial charge in [-0.15, -0.1) is 0 Å². The number of fused-ring (bicyclic) bond motifs is 2. The van der Waals surface area contributed by atoms with Crippen molar-refractivity contribution in [3.63, 3.8) is 0 Å². The number of hydrogen-bond donors (Lipinski definition) is 7. The number of rotatable bonds is 5. The van der Waals surface area contributed by atoms with Crippen molar-refractivity contribution < 1.29 is 64.3 Å². The molecule has 0 spiro atoms. The highest BCUT2D eigenvalue weighted by molar-refractivity contribution is 6.29. The third-order valence-corrected chi connectivity index (χ3v) is 7.13. The maximum Gasteiger partial charge on any atom is 0.229 e.